The molecule has 1 aliphatic rings. The minimum atomic E-state index is 0.0434. The van der Waals surface area contributed by atoms with E-state index in [-0.39, 0.29) is 11.4 Å². The van der Waals surface area contributed by atoms with Gasteiger partial charge in [-0.15, -0.1) is 11.3 Å². The lowest BCUT2D eigenvalue weighted by atomic mass is 9.75. The first-order valence-corrected chi connectivity index (χ1v) is 7.77. The number of amides is 1. The SMILES string of the molecule is Cc1cc(C(=O)NCC2(N(C)C)CCC2)sc1Br. The lowest BCUT2D eigenvalue weighted by Gasteiger charge is -2.47. The maximum absolute atomic E-state index is 12.1. The van der Waals surface area contributed by atoms with Crippen LogP contribution in [0.1, 0.15) is 34.5 Å². The van der Waals surface area contributed by atoms with E-state index in [0.717, 1.165) is 20.8 Å². The molecule has 3 nitrogen and oxygen atoms in total. The fourth-order valence-corrected chi connectivity index (χ4v) is 3.72. The summed E-state index contributed by atoms with van der Waals surface area (Å²) in [5.74, 6) is 0.0434. The number of carbonyl (C=O) groups is 1. The molecule has 1 fully saturated rings. The highest BCUT2D eigenvalue weighted by Gasteiger charge is 2.39. The molecule has 0 radical (unpaired) electrons. The molecule has 1 saturated carbocycles. The Kier molecular flexibility index (Phi) is 4.14. The highest BCUT2D eigenvalue weighted by Crippen LogP contribution is 2.35. The second kappa shape index (κ2) is 5.31. The number of nitrogens with one attached hydrogen (secondary N) is 1. The first kappa shape index (κ1) is 14.0. The average Bonchev–Trinajstić information content (AvgIpc) is 2.57. The molecule has 0 saturated heterocycles. The summed E-state index contributed by atoms with van der Waals surface area (Å²) < 4.78 is 1.04. The van der Waals surface area contributed by atoms with Crippen LogP contribution in [0.5, 0.6) is 0 Å². The van der Waals surface area contributed by atoms with Gasteiger partial charge in [0, 0.05) is 12.1 Å². The van der Waals surface area contributed by atoms with E-state index in [2.05, 4.69) is 40.2 Å². The van der Waals surface area contributed by atoms with E-state index in [9.17, 15) is 4.79 Å². The third-order valence-electron chi connectivity index (χ3n) is 3.89. The van der Waals surface area contributed by atoms with Crippen LogP contribution in [0, 0.1) is 6.92 Å². The zero-order chi connectivity index (χ0) is 13.3. The molecular formula is C13H19BrN2OS. The molecule has 2 rings (SSSR count). The van der Waals surface area contributed by atoms with Crippen LogP contribution < -0.4 is 5.32 Å². The standard InChI is InChI=1S/C13H19BrN2OS/c1-9-7-10(18-11(9)14)12(17)15-8-13(16(2)3)5-4-6-13/h7H,4-6,8H2,1-3H3,(H,15,17). The molecule has 1 N–H and O–H groups in total. The van der Waals surface area contributed by atoms with Gasteiger partial charge >= 0.3 is 0 Å². The quantitative estimate of drug-likeness (QED) is 0.920. The Balaban J connectivity index is 1.96. The van der Waals surface area contributed by atoms with Crippen LogP contribution in [-0.2, 0) is 0 Å². The molecule has 1 heterocycles. The minimum Gasteiger partial charge on any atom is -0.349 e. The molecule has 5 heteroatoms. The molecule has 1 aliphatic carbocycles. The van der Waals surface area contributed by atoms with Gasteiger partial charge < -0.3 is 10.2 Å². The Hall–Kier alpha value is -0.390. The van der Waals surface area contributed by atoms with Gasteiger partial charge in [0.05, 0.1) is 8.66 Å². The Morgan fingerprint density at radius 1 is 1.56 bits per heavy atom. The second-order valence-electron chi connectivity index (χ2n) is 5.22. The molecule has 0 aromatic carbocycles. The van der Waals surface area contributed by atoms with Gasteiger partial charge in [0.1, 0.15) is 0 Å². The van der Waals surface area contributed by atoms with Crippen LogP contribution in [0.4, 0.5) is 0 Å². The first-order valence-electron chi connectivity index (χ1n) is 6.16. The average molecular weight is 331 g/mol. The van der Waals surface area contributed by atoms with Crippen molar-refractivity contribution in [2.75, 3.05) is 20.6 Å². The fraction of sp³-hybridized carbons (Fsp3) is 0.615. The lowest BCUT2D eigenvalue weighted by molar-refractivity contribution is 0.0559. The van der Waals surface area contributed by atoms with Crippen molar-refractivity contribution >= 4 is 33.2 Å². The number of thiophene rings is 1. The van der Waals surface area contributed by atoms with Gasteiger partial charge in [-0.1, -0.05) is 0 Å². The van der Waals surface area contributed by atoms with Crippen molar-refractivity contribution in [3.8, 4) is 0 Å². The number of halogens is 1. The molecule has 0 aliphatic heterocycles. The molecular weight excluding hydrogens is 312 g/mol. The summed E-state index contributed by atoms with van der Waals surface area (Å²) in [5.41, 5.74) is 1.30. The van der Waals surface area contributed by atoms with Crippen LogP contribution in [0.25, 0.3) is 0 Å². The molecule has 0 bridgehead atoms. The Morgan fingerprint density at radius 2 is 2.22 bits per heavy atom. The lowest BCUT2D eigenvalue weighted by Crippen LogP contribution is -2.57. The van der Waals surface area contributed by atoms with Gasteiger partial charge in [0.2, 0.25) is 0 Å². The molecule has 1 aromatic rings. The van der Waals surface area contributed by atoms with Crippen molar-refractivity contribution < 1.29 is 4.79 Å². The van der Waals surface area contributed by atoms with Crippen molar-refractivity contribution in [1.29, 1.82) is 0 Å². The summed E-state index contributed by atoms with van der Waals surface area (Å²) >= 11 is 4.95. The number of nitrogens with zero attached hydrogens (tertiary/aromatic N) is 1. The molecule has 1 amide bonds. The van der Waals surface area contributed by atoms with Crippen molar-refractivity contribution in [1.82, 2.24) is 10.2 Å². The molecule has 0 spiro atoms. The number of hydrogen-bond donors (Lipinski definition) is 1. The molecule has 18 heavy (non-hydrogen) atoms. The molecule has 1 aromatic heterocycles. The topological polar surface area (TPSA) is 32.3 Å². The van der Waals surface area contributed by atoms with E-state index in [1.165, 1.54) is 30.6 Å². The maximum atomic E-state index is 12.1. The minimum absolute atomic E-state index is 0.0434. The van der Waals surface area contributed by atoms with E-state index in [1.807, 2.05) is 13.0 Å². The van der Waals surface area contributed by atoms with Crippen molar-refractivity contribution in [3.05, 3.63) is 20.3 Å². The summed E-state index contributed by atoms with van der Waals surface area (Å²) in [5, 5.41) is 3.07. The monoisotopic (exact) mass is 330 g/mol. The fourth-order valence-electron chi connectivity index (χ4n) is 2.27. The van der Waals surface area contributed by atoms with Crippen molar-refractivity contribution in [2.24, 2.45) is 0 Å². The van der Waals surface area contributed by atoms with E-state index < -0.39 is 0 Å². The van der Waals surface area contributed by atoms with E-state index >= 15 is 0 Å². The normalized spacial score (nSPS) is 17.6. The Bertz CT molecular complexity index is 432. The number of rotatable bonds is 4. The highest BCUT2D eigenvalue weighted by molar-refractivity contribution is 9.11. The number of carbonyl (C=O) groups excluding carboxylic acids is 1. The Labute approximate surface area is 121 Å². The highest BCUT2D eigenvalue weighted by atomic mass is 79.9. The number of likely N-dealkylation sites (N-methyl/N-ethyl adjacent to an activating group) is 1. The third-order valence-corrected chi connectivity index (χ3v) is 6.03. The number of hydrogen-bond acceptors (Lipinski definition) is 3. The largest absolute Gasteiger partial charge is 0.349 e. The van der Waals surface area contributed by atoms with Gasteiger partial charge in [0.25, 0.3) is 5.91 Å². The summed E-state index contributed by atoms with van der Waals surface area (Å²) in [6.07, 6.45) is 3.61. The van der Waals surface area contributed by atoms with Gasteiger partial charge in [-0.25, -0.2) is 0 Å². The molecule has 0 atom stereocenters. The zero-order valence-electron chi connectivity index (χ0n) is 11.0. The summed E-state index contributed by atoms with van der Waals surface area (Å²) in [6, 6.07) is 1.94. The zero-order valence-corrected chi connectivity index (χ0v) is 13.4. The van der Waals surface area contributed by atoms with Crippen molar-refractivity contribution in [2.45, 2.75) is 31.7 Å². The van der Waals surface area contributed by atoms with Crippen molar-refractivity contribution in [3.63, 3.8) is 0 Å². The van der Waals surface area contributed by atoms with Gasteiger partial charge in [0.15, 0.2) is 0 Å². The second-order valence-corrected chi connectivity index (χ2v) is 7.59. The van der Waals surface area contributed by atoms with Crippen LogP contribution in [0.15, 0.2) is 9.85 Å². The van der Waals surface area contributed by atoms with E-state index in [0.29, 0.717) is 0 Å². The first-order chi connectivity index (χ1) is 8.44. The molecule has 100 valence electrons. The predicted molar refractivity (Wildman–Crippen MR) is 79.4 cm³/mol. The Morgan fingerprint density at radius 3 is 2.61 bits per heavy atom. The third kappa shape index (κ3) is 2.63. The van der Waals surface area contributed by atoms with Crippen LogP contribution >= 0.6 is 27.3 Å². The smallest absolute Gasteiger partial charge is 0.261 e. The van der Waals surface area contributed by atoms with E-state index in [1.54, 1.807) is 0 Å². The van der Waals surface area contributed by atoms with Crippen LogP contribution in [0.3, 0.4) is 0 Å². The van der Waals surface area contributed by atoms with Gasteiger partial charge in [-0.2, -0.15) is 0 Å². The van der Waals surface area contributed by atoms with Gasteiger partial charge in [-0.3, -0.25) is 4.79 Å². The number of aryl methyl sites for hydroxylation is 1. The summed E-state index contributed by atoms with van der Waals surface area (Å²) in [6.45, 7) is 2.75. The van der Waals surface area contributed by atoms with Crippen LogP contribution in [0.2, 0.25) is 0 Å². The van der Waals surface area contributed by atoms with Crippen LogP contribution in [-0.4, -0.2) is 37.0 Å². The summed E-state index contributed by atoms with van der Waals surface area (Å²) in [4.78, 5) is 15.1. The van der Waals surface area contributed by atoms with Gasteiger partial charge in [-0.05, 0) is 67.8 Å². The predicted octanol–water partition coefficient (Wildman–Crippen LogP) is 3.03. The summed E-state index contributed by atoms with van der Waals surface area (Å²) in [7, 11) is 4.19. The maximum Gasteiger partial charge on any atom is 0.261 e. The van der Waals surface area contributed by atoms with E-state index in [4.69, 9.17) is 0 Å². The molecule has 0 unspecified atom stereocenters.